The summed E-state index contributed by atoms with van der Waals surface area (Å²) < 4.78 is 0. The highest BCUT2D eigenvalue weighted by Gasteiger charge is 1.87. The van der Waals surface area contributed by atoms with Crippen molar-refractivity contribution < 1.29 is 5.11 Å². The predicted molar refractivity (Wildman–Crippen MR) is 57.2 cm³/mol. The highest BCUT2D eigenvalue weighted by molar-refractivity contribution is 5.15. The standard InChI is InChI=1S/C11H19NO/c1-4-8-12(5-2)9-6-11(3)7-10-13/h4,6-9,13H,5,10H2,1-3H3/b8-4+,9-6-,11-7+. The van der Waals surface area contributed by atoms with E-state index in [-0.39, 0.29) is 6.61 Å². The van der Waals surface area contributed by atoms with Crippen molar-refractivity contribution in [1.29, 1.82) is 0 Å². The molecule has 13 heavy (non-hydrogen) atoms. The van der Waals surface area contributed by atoms with Crippen molar-refractivity contribution >= 4 is 0 Å². The van der Waals surface area contributed by atoms with Gasteiger partial charge in [0.05, 0.1) is 6.61 Å². The second-order valence-corrected chi connectivity index (χ2v) is 2.76. The van der Waals surface area contributed by atoms with Crippen molar-refractivity contribution in [1.82, 2.24) is 4.90 Å². The van der Waals surface area contributed by atoms with Crippen molar-refractivity contribution in [3.05, 3.63) is 36.2 Å². The first-order valence-electron chi connectivity index (χ1n) is 4.59. The molecule has 0 aliphatic rings. The van der Waals surface area contributed by atoms with Crippen LogP contribution in [0, 0.1) is 0 Å². The minimum atomic E-state index is 0.103. The molecule has 0 aromatic carbocycles. The highest BCUT2D eigenvalue weighted by Crippen LogP contribution is 1.97. The topological polar surface area (TPSA) is 23.5 Å². The summed E-state index contributed by atoms with van der Waals surface area (Å²) in [4.78, 5) is 2.08. The Morgan fingerprint density at radius 2 is 2.08 bits per heavy atom. The van der Waals surface area contributed by atoms with Gasteiger partial charge in [-0.05, 0) is 33.0 Å². The zero-order valence-electron chi connectivity index (χ0n) is 8.70. The molecule has 2 nitrogen and oxygen atoms in total. The molecule has 0 fully saturated rings. The molecule has 0 atom stereocenters. The van der Waals surface area contributed by atoms with Crippen molar-refractivity contribution in [2.75, 3.05) is 13.2 Å². The van der Waals surface area contributed by atoms with Crippen molar-refractivity contribution in [3.8, 4) is 0 Å². The van der Waals surface area contributed by atoms with E-state index in [1.807, 2.05) is 38.4 Å². The third kappa shape index (κ3) is 6.17. The Kier molecular flexibility index (Phi) is 7.02. The predicted octanol–water partition coefficient (Wildman–Crippen LogP) is 2.29. The van der Waals surface area contributed by atoms with Crippen molar-refractivity contribution in [2.45, 2.75) is 20.8 Å². The van der Waals surface area contributed by atoms with E-state index in [9.17, 15) is 0 Å². The Morgan fingerprint density at radius 1 is 1.38 bits per heavy atom. The van der Waals surface area contributed by atoms with E-state index in [0.29, 0.717) is 0 Å². The van der Waals surface area contributed by atoms with Gasteiger partial charge in [0.25, 0.3) is 0 Å². The molecule has 0 spiro atoms. The number of aliphatic hydroxyl groups is 1. The third-order valence-electron chi connectivity index (χ3n) is 1.65. The molecule has 1 N–H and O–H groups in total. The molecule has 0 saturated heterocycles. The Balaban J connectivity index is 4.13. The lowest BCUT2D eigenvalue weighted by atomic mass is 10.3. The molecule has 0 aromatic heterocycles. The van der Waals surface area contributed by atoms with Crippen LogP contribution < -0.4 is 0 Å². The van der Waals surface area contributed by atoms with Gasteiger partial charge in [0.1, 0.15) is 0 Å². The van der Waals surface area contributed by atoms with Gasteiger partial charge in [-0.1, -0.05) is 17.7 Å². The SMILES string of the molecule is C/C=C/N(/C=C\C(C)=C\CO)CC. The number of hydrogen-bond donors (Lipinski definition) is 1. The van der Waals surface area contributed by atoms with Gasteiger partial charge in [-0.15, -0.1) is 0 Å². The lowest BCUT2D eigenvalue weighted by Gasteiger charge is -2.11. The van der Waals surface area contributed by atoms with Crippen LogP contribution in [0.25, 0.3) is 0 Å². The van der Waals surface area contributed by atoms with Crippen molar-refractivity contribution in [2.24, 2.45) is 0 Å². The van der Waals surface area contributed by atoms with E-state index in [2.05, 4.69) is 11.8 Å². The first-order valence-corrected chi connectivity index (χ1v) is 4.59. The van der Waals surface area contributed by atoms with E-state index in [4.69, 9.17) is 5.11 Å². The summed E-state index contributed by atoms with van der Waals surface area (Å²) >= 11 is 0. The molecule has 0 rings (SSSR count). The van der Waals surface area contributed by atoms with E-state index < -0.39 is 0 Å². The maximum atomic E-state index is 8.62. The van der Waals surface area contributed by atoms with Gasteiger partial charge in [-0.25, -0.2) is 0 Å². The van der Waals surface area contributed by atoms with Gasteiger partial charge in [-0.3, -0.25) is 0 Å². The molecule has 0 amide bonds. The van der Waals surface area contributed by atoms with Gasteiger partial charge < -0.3 is 10.0 Å². The fourth-order valence-corrected chi connectivity index (χ4v) is 0.877. The molecule has 0 bridgehead atoms. The fraction of sp³-hybridized carbons (Fsp3) is 0.455. The first-order chi connectivity index (χ1) is 6.24. The maximum Gasteiger partial charge on any atom is 0.0618 e. The Hall–Kier alpha value is -1.02. The molecule has 0 unspecified atom stereocenters. The number of rotatable bonds is 5. The second-order valence-electron chi connectivity index (χ2n) is 2.76. The van der Waals surface area contributed by atoms with Gasteiger partial charge >= 0.3 is 0 Å². The van der Waals surface area contributed by atoms with Crippen LogP contribution in [0.4, 0.5) is 0 Å². The van der Waals surface area contributed by atoms with E-state index in [1.165, 1.54) is 0 Å². The average Bonchev–Trinajstić information content (AvgIpc) is 2.12. The summed E-state index contributed by atoms with van der Waals surface area (Å²) in [5, 5.41) is 8.62. The van der Waals surface area contributed by atoms with Crippen LogP contribution in [0.3, 0.4) is 0 Å². The Labute approximate surface area is 80.9 Å². The van der Waals surface area contributed by atoms with E-state index in [1.54, 1.807) is 6.08 Å². The number of aliphatic hydroxyl groups excluding tert-OH is 1. The first kappa shape index (κ1) is 12.0. The molecule has 0 saturated carbocycles. The van der Waals surface area contributed by atoms with E-state index in [0.717, 1.165) is 12.1 Å². The average molecular weight is 181 g/mol. The summed E-state index contributed by atoms with van der Waals surface area (Å²) in [5.74, 6) is 0. The van der Waals surface area contributed by atoms with Gasteiger partial charge in [0.2, 0.25) is 0 Å². The van der Waals surface area contributed by atoms with Crippen molar-refractivity contribution in [3.63, 3.8) is 0 Å². The summed E-state index contributed by atoms with van der Waals surface area (Å²) in [7, 11) is 0. The largest absolute Gasteiger partial charge is 0.392 e. The molecular formula is C11H19NO. The highest BCUT2D eigenvalue weighted by atomic mass is 16.2. The van der Waals surface area contributed by atoms with Gasteiger partial charge in [-0.2, -0.15) is 0 Å². The molecule has 0 aliphatic carbocycles. The summed E-state index contributed by atoms with van der Waals surface area (Å²) in [6, 6.07) is 0. The minimum absolute atomic E-state index is 0.103. The fourth-order valence-electron chi connectivity index (χ4n) is 0.877. The van der Waals surface area contributed by atoms with Crippen LogP contribution in [0.5, 0.6) is 0 Å². The molecule has 0 aromatic rings. The van der Waals surface area contributed by atoms with Crippen LogP contribution in [0.2, 0.25) is 0 Å². The monoisotopic (exact) mass is 181 g/mol. The third-order valence-corrected chi connectivity index (χ3v) is 1.65. The van der Waals surface area contributed by atoms with Crippen LogP contribution in [-0.4, -0.2) is 23.2 Å². The molecule has 0 radical (unpaired) electrons. The summed E-state index contributed by atoms with van der Waals surface area (Å²) in [5.41, 5.74) is 1.07. The molecule has 0 heterocycles. The quantitative estimate of drug-likeness (QED) is 0.658. The van der Waals surface area contributed by atoms with E-state index >= 15 is 0 Å². The molecule has 74 valence electrons. The van der Waals surface area contributed by atoms with Gasteiger partial charge in [0, 0.05) is 12.7 Å². The number of allylic oxidation sites excluding steroid dienone is 3. The van der Waals surface area contributed by atoms with Crippen LogP contribution in [0.1, 0.15) is 20.8 Å². The summed E-state index contributed by atoms with van der Waals surface area (Å²) in [6.45, 7) is 7.11. The Morgan fingerprint density at radius 3 is 2.54 bits per heavy atom. The van der Waals surface area contributed by atoms with Crippen LogP contribution in [-0.2, 0) is 0 Å². The number of hydrogen-bond acceptors (Lipinski definition) is 2. The number of nitrogens with zero attached hydrogens (tertiary/aromatic N) is 1. The van der Waals surface area contributed by atoms with Gasteiger partial charge in [0.15, 0.2) is 0 Å². The lowest BCUT2D eigenvalue weighted by molar-refractivity contribution is 0.342. The zero-order chi connectivity index (χ0) is 10.1. The van der Waals surface area contributed by atoms with Crippen LogP contribution >= 0.6 is 0 Å². The Bertz CT molecular complexity index is 204. The molecule has 2 heteroatoms. The minimum Gasteiger partial charge on any atom is -0.392 e. The summed E-state index contributed by atoms with van der Waals surface area (Å²) in [6.07, 6.45) is 9.78. The van der Waals surface area contributed by atoms with Crippen LogP contribution in [0.15, 0.2) is 36.2 Å². The lowest BCUT2D eigenvalue weighted by Crippen LogP contribution is -2.07. The smallest absolute Gasteiger partial charge is 0.0618 e. The zero-order valence-corrected chi connectivity index (χ0v) is 8.70. The maximum absolute atomic E-state index is 8.62. The normalized spacial score (nSPS) is 13.1. The molecule has 0 aliphatic heterocycles. The molecular weight excluding hydrogens is 162 g/mol. The second kappa shape index (κ2) is 7.62.